The monoisotopic (exact) mass is 228 g/mol. The Bertz CT molecular complexity index is 328. The number of piperazine rings is 1. The van der Waals surface area contributed by atoms with Gasteiger partial charge in [0.1, 0.15) is 11.0 Å². The molecule has 0 unspecified atom stereocenters. The third-order valence-electron chi connectivity index (χ3n) is 2.64. The van der Waals surface area contributed by atoms with Gasteiger partial charge in [-0.3, -0.25) is 0 Å². The van der Waals surface area contributed by atoms with E-state index in [0.29, 0.717) is 5.15 Å². The van der Waals surface area contributed by atoms with Crippen LogP contribution in [0.2, 0.25) is 5.15 Å². The lowest BCUT2D eigenvalue weighted by atomic mass is 10.3. The SMILES string of the molecule is C[NH+]1CCN(c2cc(Cl)nc(N)n2)CC1. The molecule has 1 aromatic heterocycles. The summed E-state index contributed by atoms with van der Waals surface area (Å²) < 4.78 is 0. The number of nitrogens with zero attached hydrogens (tertiary/aromatic N) is 3. The second-order valence-electron chi connectivity index (χ2n) is 3.85. The summed E-state index contributed by atoms with van der Waals surface area (Å²) in [4.78, 5) is 11.8. The molecule has 1 saturated heterocycles. The Labute approximate surface area is 93.9 Å². The standard InChI is InChI=1S/C9H14ClN5/c1-14-2-4-15(5-3-14)8-6-7(10)12-9(11)13-8/h6H,2-5H2,1H3,(H2,11,12,13)/p+1. The molecule has 0 atom stereocenters. The second-order valence-corrected chi connectivity index (χ2v) is 4.24. The van der Waals surface area contributed by atoms with Gasteiger partial charge in [-0.25, -0.2) is 4.98 Å². The molecular formula is C9H15ClN5+. The fourth-order valence-electron chi connectivity index (χ4n) is 1.70. The van der Waals surface area contributed by atoms with Crippen molar-refractivity contribution in [3.63, 3.8) is 0 Å². The summed E-state index contributed by atoms with van der Waals surface area (Å²) in [6, 6.07) is 1.76. The number of nitrogens with two attached hydrogens (primary N) is 1. The molecule has 2 heterocycles. The highest BCUT2D eigenvalue weighted by Crippen LogP contribution is 2.16. The van der Waals surface area contributed by atoms with Crippen molar-refractivity contribution in [1.29, 1.82) is 0 Å². The van der Waals surface area contributed by atoms with Crippen LogP contribution >= 0.6 is 11.6 Å². The van der Waals surface area contributed by atoms with Gasteiger partial charge in [-0.1, -0.05) is 11.6 Å². The Kier molecular flexibility index (Phi) is 2.93. The lowest BCUT2D eigenvalue weighted by Gasteiger charge is -2.30. The van der Waals surface area contributed by atoms with E-state index in [1.54, 1.807) is 11.0 Å². The van der Waals surface area contributed by atoms with Crippen LogP contribution in [-0.4, -0.2) is 43.2 Å². The van der Waals surface area contributed by atoms with E-state index in [1.165, 1.54) is 0 Å². The fourth-order valence-corrected chi connectivity index (χ4v) is 1.89. The first kappa shape index (κ1) is 10.4. The molecule has 1 aliphatic rings. The number of quaternary nitrogens is 1. The Hall–Kier alpha value is -1.07. The van der Waals surface area contributed by atoms with E-state index in [2.05, 4.69) is 21.9 Å². The zero-order chi connectivity index (χ0) is 10.8. The predicted molar refractivity (Wildman–Crippen MR) is 60.3 cm³/mol. The number of aromatic nitrogens is 2. The molecule has 15 heavy (non-hydrogen) atoms. The van der Waals surface area contributed by atoms with Crippen molar-refractivity contribution in [3.8, 4) is 0 Å². The van der Waals surface area contributed by atoms with E-state index < -0.39 is 0 Å². The van der Waals surface area contributed by atoms with E-state index >= 15 is 0 Å². The summed E-state index contributed by atoms with van der Waals surface area (Å²) in [6.45, 7) is 4.19. The maximum absolute atomic E-state index is 5.84. The molecule has 0 amide bonds. The van der Waals surface area contributed by atoms with Crippen molar-refractivity contribution in [1.82, 2.24) is 9.97 Å². The molecule has 6 heteroatoms. The van der Waals surface area contributed by atoms with Gasteiger partial charge in [-0.15, -0.1) is 0 Å². The third-order valence-corrected chi connectivity index (χ3v) is 2.83. The summed E-state index contributed by atoms with van der Waals surface area (Å²) >= 11 is 5.84. The smallest absolute Gasteiger partial charge is 0.223 e. The number of likely N-dealkylation sites (N-methyl/N-ethyl adjacent to an activating group) is 1. The van der Waals surface area contributed by atoms with Crippen LogP contribution in [0.3, 0.4) is 0 Å². The summed E-state index contributed by atoms with van der Waals surface area (Å²) in [7, 11) is 2.19. The average molecular weight is 229 g/mol. The Morgan fingerprint density at radius 2 is 2.07 bits per heavy atom. The molecule has 0 aliphatic carbocycles. The van der Waals surface area contributed by atoms with Crippen molar-refractivity contribution in [2.75, 3.05) is 43.9 Å². The van der Waals surface area contributed by atoms with Crippen molar-refractivity contribution in [3.05, 3.63) is 11.2 Å². The molecule has 2 rings (SSSR count). The van der Waals surface area contributed by atoms with Gasteiger partial charge in [0.05, 0.1) is 33.2 Å². The molecule has 5 nitrogen and oxygen atoms in total. The summed E-state index contributed by atoms with van der Waals surface area (Å²) in [5.74, 6) is 1.07. The molecule has 1 aromatic rings. The number of rotatable bonds is 1. The number of anilines is 2. The third kappa shape index (κ3) is 2.49. The maximum atomic E-state index is 5.84. The van der Waals surface area contributed by atoms with Crippen LogP contribution in [0.4, 0.5) is 11.8 Å². The van der Waals surface area contributed by atoms with Gasteiger partial charge >= 0.3 is 0 Å². The quantitative estimate of drug-likeness (QED) is 0.609. The maximum Gasteiger partial charge on any atom is 0.223 e. The lowest BCUT2D eigenvalue weighted by Crippen LogP contribution is -3.12. The van der Waals surface area contributed by atoms with E-state index in [4.69, 9.17) is 17.3 Å². The molecule has 0 radical (unpaired) electrons. The number of nitrogen functional groups attached to an aromatic ring is 1. The number of nitrogens with one attached hydrogen (secondary N) is 1. The predicted octanol–water partition coefficient (Wildman–Crippen LogP) is -0.953. The molecule has 82 valence electrons. The summed E-state index contributed by atoms with van der Waals surface area (Å²) in [5.41, 5.74) is 5.55. The fraction of sp³-hybridized carbons (Fsp3) is 0.556. The Balaban J connectivity index is 2.15. The first-order valence-electron chi connectivity index (χ1n) is 5.01. The first-order valence-corrected chi connectivity index (χ1v) is 5.39. The highest BCUT2D eigenvalue weighted by molar-refractivity contribution is 6.29. The van der Waals surface area contributed by atoms with Gasteiger partial charge in [0, 0.05) is 6.07 Å². The molecule has 0 spiro atoms. The minimum Gasteiger partial charge on any atom is -0.368 e. The van der Waals surface area contributed by atoms with Crippen molar-refractivity contribution < 1.29 is 4.90 Å². The summed E-state index contributed by atoms with van der Waals surface area (Å²) in [6.07, 6.45) is 0. The van der Waals surface area contributed by atoms with Crippen molar-refractivity contribution in [2.24, 2.45) is 0 Å². The van der Waals surface area contributed by atoms with Crippen LogP contribution in [0.15, 0.2) is 6.07 Å². The minimum atomic E-state index is 0.240. The van der Waals surface area contributed by atoms with E-state index in [0.717, 1.165) is 32.0 Å². The van der Waals surface area contributed by atoms with Crippen LogP contribution < -0.4 is 15.5 Å². The average Bonchev–Trinajstić information content (AvgIpc) is 2.17. The van der Waals surface area contributed by atoms with E-state index in [1.807, 2.05) is 0 Å². The molecule has 1 aliphatic heterocycles. The lowest BCUT2D eigenvalue weighted by molar-refractivity contribution is -0.880. The minimum absolute atomic E-state index is 0.240. The first-order chi connectivity index (χ1) is 7.15. The van der Waals surface area contributed by atoms with Crippen LogP contribution in [0.1, 0.15) is 0 Å². The molecule has 0 aromatic carbocycles. The van der Waals surface area contributed by atoms with E-state index in [-0.39, 0.29) is 5.95 Å². The highest BCUT2D eigenvalue weighted by atomic mass is 35.5. The van der Waals surface area contributed by atoms with Crippen LogP contribution in [-0.2, 0) is 0 Å². The Morgan fingerprint density at radius 3 is 2.67 bits per heavy atom. The molecule has 1 fully saturated rings. The molecule has 3 N–H and O–H groups in total. The topological polar surface area (TPSA) is 59.5 Å². The van der Waals surface area contributed by atoms with E-state index in [9.17, 15) is 0 Å². The zero-order valence-electron chi connectivity index (χ0n) is 8.70. The van der Waals surface area contributed by atoms with Gasteiger partial charge in [0.2, 0.25) is 5.95 Å². The van der Waals surface area contributed by atoms with Crippen LogP contribution in [0, 0.1) is 0 Å². The molecular weight excluding hydrogens is 214 g/mol. The number of hydrogen-bond donors (Lipinski definition) is 2. The van der Waals surface area contributed by atoms with Gasteiger partial charge in [0.15, 0.2) is 0 Å². The normalized spacial score (nSPS) is 18.1. The van der Waals surface area contributed by atoms with Crippen molar-refractivity contribution >= 4 is 23.4 Å². The van der Waals surface area contributed by atoms with Crippen LogP contribution in [0.25, 0.3) is 0 Å². The molecule has 0 bridgehead atoms. The van der Waals surface area contributed by atoms with Crippen molar-refractivity contribution in [2.45, 2.75) is 0 Å². The largest absolute Gasteiger partial charge is 0.368 e. The number of halogens is 1. The van der Waals surface area contributed by atoms with Crippen LogP contribution in [0.5, 0.6) is 0 Å². The van der Waals surface area contributed by atoms with Gasteiger partial charge in [-0.2, -0.15) is 4.98 Å². The number of hydrogen-bond acceptors (Lipinski definition) is 4. The van der Waals surface area contributed by atoms with Gasteiger partial charge < -0.3 is 15.5 Å². The summed E-state index contributed by atoms with van der Waals surface area (Å²) in [5, 5.41) is 0.406. The molecule has 0 saturated carbocycles. The van der Waals surface area contributed by atoms with Gasteiger partial charge in [0.25, 0.3) is 0 Å². The zero-order valence-corrected chi connectivity index (χ0v) is 9.46. The van der Waals surface area contributed by atoms with Gasteiger partial charge in [-0.05, 0) is 0 Å². The second kappa shape index (κ2) is 4.20. The highest BCUT2D eigenvalue weighted by Gasteiger charge is 2.18. The Morgan fingerprint density at radius 1 is 1.40 bits per heavy atom.